The van der Waals surface area contributed by atoms with E-state index in [4.69, 9.17) is 0 Å². The van der Waals surface area contributed by atoms with Gasteiger partial charge in [0.2, 0.25) is 0 Å². The topological polar surface area (TPSA) is 63.4 Å². The standard InChI is InChI=1S/C13H11NO3S/c15-12-6-1-2-7-13(12)18-9-10-4-3-5-11(8-10)14(16)17/h1-8,15H,9H2. The Morgan fingerprint density at radius 2 is 1.94 bits per heavy atom. The summed E-state index contributed by atoms with van der Waals surface area (Å²) in [6.45, 7) is 0. The van der Waals surface area contributed by atoms with Crippen LogP contribution in [0.2, 0.25) is 0 Å². The minimum atomic E-state index is -0.409. The third-order valence-corrected chi connectivity index (χ3v) is 3.51. The van der Waals surface area contributed by atoms with E-state index in [1.165, 1.54) is 17.8 Å². The average Bonchev–Trinajstić information content (AvgIpc) is 2.38. The van der Waals surface area contributed by atoms with Crippen molar-refractivity contribution in [2.75, 3.05) is 0 Å². The van der Waals surface area contributed by atoms with Crippen molar-refractivity contribution in [3.8, 4) is 5.75 Å². The molecular weight excluding hydrogens is 250 g/mol. The van der Waals surface area contributed by atoms with E-state index in [2.05, 4.69) is 0 Å². The van der Waals surface area contributed by atoms with Gasteiger partial charge in [0.15, 0.2) is 0 Å². The molecule has 1 N–H and O–H groups in total. The molecule has 0 aliphatic carbocycles. The molecule has 0 spiro atoms. The molecule has 0 fully saturated rings. The number of hydrogen-bond donors (Lipinski definition) is 1. The molecule has 18 heavy (non-hydrogen) atoms. The summed E-state index contributed by atoms with van der Waals surface area (Å²) in [5.41, 5.74) is 0.947. The number of hydrogen-bond acceptors (Lipinski definition) is 4. The summed E-state index contributed by atoms with van der Waals surface area (Å²) in [7, 11) is 0. The minimum absolute atomic E-state index is 0.0883. The number of non-ortho nitro benzene ring substituents is 1. The zero-order chi connectivity index (χ0) is 13.0. The number of thioether (sulfide) groups is 1. The first-order valence-electron chi connectivity index (χ1n) is 5.31. The number of phenolic OH excluding ortho intramolecular Hbond substituents is 1. The first-order chi connectivity index (χ1) is 8.66. The van der Waals surface area contributed by atoms with E-state index in [0.29, 0.717) is 5.75 Å². The number of para-hydroxylation sites is 1. The Hall–Kier alpha value is -2.01. The zero-order valence-electron chi connectivity index (χ0n) is 9.45. The van der Waals surface area contributed by atoms with Gasteiger partial charge in [-0.25, -0.2) is 0 Å². The Kier molecular flexibility index (Phi) is 3.84. The summed E-state index contributed by atoms with van der Waals surface area (Å²) in [6.07, 6.45) is 0. The van der Waals surface area contributed by atoms with E-state index in [-0.39, 0.29) is 11.4 Å². The van der Waals surface area contributed by atoms with Gasteiger partial charge in [0.05, 0.1) is 4.92 Å². The smallest absolute Gasteiger partial charge is 0.269 e. The number of benzene rings is 2. The molecule has 0 aliphatic heterocycles. The number of nitro benzene ring substituents is 1. The van der Waals surface area contributed by atoms with Gasteiger partial charge in [0, 0.05) is 22.8 Å². The Morgan fingerprint density at radius 1 is 1.17 bits per heavy atom. The highest BCUT2D eigenvalue weighted by atomic mass is 32.2. The van der Waals surface area contributed by atoms with E-state index in [1.807, 2.05) is 18.2 Å². The maximum Gasteiger partial charge on any atom is 0.269 e. The highest BCUT2D eigenvalue weighted by molar-refractivity contribution is 7.98. The molecule has 0 bridgehead atoms. The number of nitro groups is 1. The predicted octanol–water partition coefficient (Wildman–Crippen LogP) is 3.59. The van der Waals surface area contributed by atoms with Gasteiger partial charge >= 0.3 is 0 Å². The second-order valence-corrected chi connectivity index (χ2v) is 4.70. The van der Waals surface area contributed by atoms with Gasteiger partial charge in [-0.1, -0.05) is 24.3 Å². The third-order valence-electron chi connectivity index (χ3n) is 2.38. The van der Waals surface area contributed by atoms with Crippen LogP contribution in [0, 0.1) is 10.1 Å². The highest BCUT2D eigenvalue weighted by Crippen LogP contribution is 2.30. The van der Waals surface area contributed by atoms with Gasteiger partial charge in [-0.05, 0) is 17.7 Å². The molecule has 0 unspecified atom stereocenters. The van der Waals surface area contributed by atoms with Crippen molar-refractivity contribution in [3.63, 3.8) is 0 Å². The zero-order valence-corrected chi connectivity index (χ0v) is 10.3. The Balaban J connectivity index is 2.09. The van der Waals surface area contributed by atoms with Gasteiger partial charge in [-0.3, -0.25) is 10.1 Å². The lowest BCUT2D eigenvalue weighted by atomic mass is 10.2. The lowest BCUT2D eigenvalue weighted by Crippen LogP contribution is -1.89. The van der Waals surface area contributed by atoms with Crippen molar-refractivity contribution in [3.05, 3.63) is 64.2 Å². The van der Waals surface area contributed by atoms with Gasteiger partial charge < -0.3 is 5.11 Å². The summed E-state index contributed by atoms with van der Waals surface area (Å²) >= 11 is 1.45. The molecular formula is C13H11NO3S. The van der Waals surface area contributed by atoms with Gasteiger partial charge in [0.25, 0.3) is 5.69 Å². The molecule has 2 rings (SSSR count). The normalized spacial score (nSPS) is 10.2. The van der Waals surface area contributed by atoms with E-state index in [1.54, 1.807) is 24.3 Å². The number of rotatable bonds is 4. The average molecular weight is 261 g/mol. The van der Waals surface area contributed by atoms with Crippen LogP contribution in [0.5, 0.6) is 5.75 Å². The van der Waals surface area contributed by atoms with Crippen molar-refractivity contribution >= 4 is 17.4 Å². The fraction of sp³-hybridized carbons (Fsp3) is 0.0769. The summed E-state index contributed by atoms with van der Waals surface area (Å²) in [5.74, 6) is 0.812. The van der Waals surface area contributed by atoms with Crippen LogP contribution in [0.1, 0.15) is 5.56 Å². The molecule has 0 saturated carbocycles. The monoisotopic (exact) mass is 261 g/mol. The molecule has 0 radical (unpaired) electrons. The molecule has 92 valence electrons. The molecule has 0 aromatic heterocycles. The first-order valence-corrected chi connectivity index (χ1v) is 6.29. The van der Waals surface area contributed by atoms with Crippen molar-refractivity contribution in [1.82, 2.24) is 0 Å². The maximum absolute atomic E-state index is 10.6. The minimum Gasteiger partial charge on any atom is -0.507 e. The van der Waals surface area contributed by atoms with Crippen LogP contribution in [0.15, 0.2) is 53.4 Å². The quantitative estimate of drug-likeness (QED) is 0.519. The summed E-state index contributed by atoms with van der Waals surface area (Å²) < 4.78 is 0. The molecule has 0 amide bonds. The third kappa shape index (κ3) is 3.01. The lowest BCUT2D eigenvalue weighted by Gasteiger charge is -2.04. The summed E-state index contributed by atoms with van der Waals surface area (Å²) in [6, 6.07) is 13.6. The predicted molar refractivity (Wildman–Crippen MR) is 70.8 cm³/mol. The largest absolute Gasteiger partial charge is 0.507 e. The molecule has 4 nitrogen and oxygen atoms in total. The summed E-state index contributed by atoms with van der Waals surface area (Å²) in [5, 5.41) is 20.2. The van der Waals surface area contributed by atoms with Crippen LogP contribution in [0.3, 0.4) is 0 Å². The second kappa shape index (κ2) is 5.55. The molecule has 2 aromatic rings. The highest BCUT2D eigenvalue weighted by Gasteiger charge is 2.06. The van der Waals surface area contributed by atoms with E-state index < -0.39 is 4.92 Å². The molecule has 0 aliphatic rings. The number of nitrogens with zero attached hydrogens (tertiary/aromatic N) is 1. The fourth-order valence-electron chi connectivity index (χ4n) is 1.50. The van der Waals surface area contributed by atoms with Crippen molar-refractivity contribution in [2.45, 2.75) is 10.6 Å². The van der Waals surface area contributed by atoms with E-state index in [9.17, 15) is 15.2 Å². The Morgan fingerprint density at radius 3 is 2.67 bits per heavy atom. The van der Waals surface area contributed by atoms with E-state index >= 15 is 0 Å². The second-order valence-electron chi connectivity index (χ2n) is 3.68. The number of phenols is 1. The van der Waals surface area contributed by atoms with E-state index in [0.717, 1.165) is 10.5 Å². The lowest BCUT2D eigenvalue weighted by molar-refractivity contribution is -0.384. The van der Waals surface area contributed by atoms with Gasteiger partial charge in [-0.2, -0.15) is 0 Å². The molecule has 0 heterocycles. The molecule has 2 aromatic carbocycles. The van der Waals surface area contributed by atoms with Crippen LogP contribution in [-0.2, 0) is 5.75 Å². The van der Waals surface area contributed by atoms with Crippen LogP contribution >= 0.6 is 11.8 Å². The fourth-order valence-corrected chi connectivity index (χ4v) is 2.39. The van der Waals surface area contributed by atoms with Gasteiger partial charge in [-0.15, -0.1) is 11.8 Å². The maximum atomic E-state index is 10.6. The van der Waals surface area contributed by atoms with Gasteiger partial charge in [0.1, 0.15) is 5.75 Å². The van der Waals surface area contributed by atoms with Crippen molar-refractivity contribution in [1.29, 1.82) is 0 Å². The SMILES string of the molecule is O=[N+]([O-])c1cccc(CSc2ccccc2O)c1. The molecule has 0 saturated heterocycles. The Bertz CT molecular complexity index is 572. The molecule has 5 heteroatoms. The summed E-state index contributed by atoms with van der Waals surface area (Å²) in [4.78, 5) is 11.0. The van der Waals surface area contributed by atoms with Crippen LogP contribution in [0.4, 0.5) is 5.69 Å². The Labute approximate surface area is 108 Å². The first kappa shape index (κ1) is 12.4. The molecule has 0 atom stereocenters. The van der Waals surface area contributed by atoms with Crippen molar-refractivity contribution < 1.29 is 10.0 Å². The van der Waals surface area contributed by atoms with Crippen LogP contribution in [0.25, 0.3) is 0 Å². The van der Waals surface area contributed by atoms with Crippen LogP contribution in [-0.4, -0.2) is 10.0 Å². The van der Waals surface area contributed by atoms with Crippen LogP contribution < -0.4 is 0 Å². The van der Waals surface area contributed by atoms with Crippen molar-refractivity contribution in [2.24, 2.45) is 0 Å². The number of aromatic hydroxyl groups is 1.